The Morgan fingerprint density at radius 3 is 2.61 bits per heavy atom. The number of anilines is 1. The number of urea groups is 1. The van der Waals surface area contributed by atoms with Crippen LogP contribution in [0, 0.1) is 23.0 Å². The van der Waals surface area contributed by atoms with Crippen LogP contribution in [0.15, 0.2) is 18.2 Å². The third-order valence-electron chi connectivity index (χ3n) is 4.69. The number of nitrogens with one attached hydrogen (secondary N) is 1. The Kier molecular flexibility index (Phi) is 5.54. The molecule has 0 aliphatic heterocycles. The zero-order chi connectivity index (χ0) is 17.0. The number of hydrogen-bond donors (Lipinski definition) is 2. The van der Waals surface area contributed by atoms with E-state index in [1.807, 2.05) is 0 Å². The molecule has 1 saturated carbocycles. The summed E-state index contributed by atoms with van der Waals surface area (Å²) in [7, 11) is 1.74. The van der Waals surface area contributed by atoms with E-state index in [-0.39, 0.29) is 24.4 Å². The molecule has 1 aliphatic rings. The third kappa shape index (κ3) is 3.98. The predicted octanol–water partition coefficient (Wildman–Crippen LogP) is 2.92. The Labute approximate surface area is 135 Å². The molecule has 1 aromatic carbocycles. The lowest BCUT2D eigenvalue weighted by Gasteiger charge is -2.34. The maximum atomic E-state index is 12.4. The van der Waals surface area contributed by atoms with Crippen molar-refractivity contribution >= 4 is 17.4 Å². The number of rotatable bonds is 4. The van der Waals surface area contributed by atoms with E-state index < -0.39 is 4.92 Å². The van der Waals surface area contributed by atoms with Gasteiger partial charge in [-0.3, -0.25) is 10.1 Å². The number of nitro groups is 1. The van der Waals surface area contributed by atoms with E-state index in [1.165, 1.54) is 6.07 Å². The van der Waals surface area contributed by atoms with Gasteiger partial charge in [0.25, 0.3) is 5.69 Å². The SMILES string of the molecule is Cc1c(NC(=O)N(C)C2CCC(CO)CC2)cccc1[N+](=O)[O-]. The molecule has 2 rings (SSSR count). The van der Waals surface area contributed by atoms with Crippen LogP contribution in [0.1, 0.15) is 31.2 Å². The summed E-state index contributed by atoms with van der Waals surface area (Å²) >= 11 is 0. The second-order valence-electron chi connectivity index (χ2n) is 6.10. The van der Waals surface area contributed by atoms with E-state index in [9.17, 15) is 20.0 Å². The predicted molar refractivity (Wildman–Crippen MR) is 87.4 cm³/mol. The molecule has 0 spiro atoms. The number of amides is 2. The van der Waals surface area contributed by atoms with Crippen molar-refractivity contribution in [3.63, 3.8) is 0 Å². The summed E-state index contributed by atoms with van der Waals surface area (Å²) in [6.45, 7) is 1.83. The van der Waals surface area contributed by atoms with Gasteiger partial charge in [-0.05, 0) is 44.6 Å². The fourth-order valence-electron chi connectivity index (χ4n) is 3.04. The van der Waals surface area contributed by atoms with Gasteiger partial charge >= 0.3 is 6.03 Å². The van der Waals surface area contributed by atoms with Crippen molar-refractivity contribution in [2.45, 2.75) is 38.6 Å². The van der Waals surface area contributed by atoms with Crippen LogP contribution in [0.25, 0.3) is 0 Å². The van der Waals surface area contributed by atoms with Crippen molar-refractivity contribution in [3.8, 4) is 0 Å². The molecule has 7 heteroatoms. The quantitative estimate of drug-likeness (QED) is 0.658. The Morgan fingerprint density at radius 2 is 2.04 bits per heavy atom. The van der Waals surface area contributed by atoms with Crippen molar-refractivity contribution in [1.29, 1.82) is 0 Å². The molecular formula is C16H23N3O4. The van der Waals surface area contributed by atoms with E-state index in [4.69, 9.17) is 0 Å². The summed E-state index contributed by atoms with van der Waals surface area (Å²) in [6.07, 6.45) is 3.55. The third-order valence-corrected chi connectivity index (χ3v) is 4.69. The van der Waals surface area contributed by atoms with Crippen LogP contribution >= 0.6 is 0 Å². The zero-order valence-corrected chi connectivity index (χ0v) is 13.5. The van der Waals surface area contributed by atoms with Gasteiger partial charge in [0.2, 0.25) is 0 Å². The summed E-state index contributed by atoms with van der Waals surface area (Å²) in [5.74, 6) is 0.335. The van der Waals surface area contributed by atoms with Crippen LogP contribution in [0.4, 0.5) is 16.2 Å². The molecule has 126 valence electrons. The van der Waals surface area contributed by atoms with Crippen LogP contribution in [0.5, 0.6) is 0 Å². The fourth-order valence-corrected chi connectivity index (χ4v) is 3.04. The van der Waals surface area contributed by atoms with Crippen LogP contribution in [-0.4, -0.2) is 40.7 Å². The summed E-state index contributed by atoms with van der Waals surface area (Å²) in [5, 5.41) is 22.9. The minimum absolute atomic E-state index is 0.00564. The highest BCUT2D eigenvalue weighted by atomic mass is 16.6. The lowest BCUT2D eigenvalue weighted by Crippen LogP contribution is -2.42. The maximum absolute atomic E-state index is 12.4. The highest BCUT2D eigenvalue weighted by molar-refractivity contribution is 5.90. The second-order valence-corrected chi connectivity index (χ2v) is 6.10. The standard InChI is InChI=1S/C16H23N3O4/c1-11-14(4-3-5-15(11)19(22)23)17-16(21)18(2)13-8-6-12(10-20)7-9-13/h3-5,12-13,20H,6-10H2,1-2H3,(H,17,21). The molecule has 1 aromatic rings. The molecule has 0 atom stereocenters. The summed E-state index contributed by atoms with van der Waals surface area (Å²) in [6, 6.07) is 4.52. The number of carbonyl (C=O) groups is 1. The molecule has 0 saturated heterocycles. The largest absolute Gasteiger partial charge is 0.396 e. The summed E-state index contributed by atoms with van der Waals surface area (Å²) < 4.78 is 0. The zero-order valence-electron chi connectivity index (χ0n) is 13.5. The van der Waals surface area contributed by atoms with E-state index in [0.29, 0.717) is 17.2 Å². The van der Waals surface area contributed by atoms with Gasteiger partial charge in [0.05, 0.1) is 16.2 Å². The molecule has 2 N–H and O–H groups in total. The van der Waals surface area contributed by atoms with Crippen molar-refractivity contribution in [3.05, 3.63) is 33.9 Å². The van der Waals surface area contributed by atoms with Gasteiger partial charge in [0.1, 0.15) is 0 Å². The van der Waals surface area contributed by atoms with Gasteiger partial charge in [-0.1, -0.05) is 6.07 Å². The molecule has 0 unspecified atom stereocenters. The number of benzene rings is 1. The summed E-state index contributed by atoms with van der Waals surface area (Å²) in [5.41, 5.74) is 0.900. The van der Waals surface area contributed by atoms with Crippen LogP contribution < -0.4 is 5.32 Å². The first-order valence-electron chi connectivity index (χ1n) is 7.82. The Bertz CT molecular complexity index is 583. The lowest BCUT2D eigenvalue weighted by atomic mass is 9.86. The van der Waals surface area contributed by atoms with Crippen molar-refractivity contribution < 1.29 is 14.8 Å². The minimum Gasteiger partial charge on any atom is -0.396 e. The number of aliphatic hydroxyl groups excluding tert-OH is 1. The van der Waals surface area contributed by atoms with E-state index >= 15 is 0 Å². The molecule has 1 fully saturated rings. The van der Waals surface area contributed by atoms with Crippen molar-refractivity contribution in [2.24, 2.45) is 5.92 Å². The van der Waals surface area contributed by atoms with E-state index in [1.54, 1.807) is 31.0 Å². The minimum atomic E-state index is -0.454. The van der Waals surface area contributed by atoms with Gasteiger partial charge in [0.15, 0.2) is 0 Å². The molecule has 1 aliphatic carbocycles. The van der Waals surface area contributed by atoms with E-state index in [2.05, 4.69) is 5.32 Å². The average molecular weight is 321 g/mol. The van der Waals surface area contributed by atoms with Crippen molar-refractivity contribution in [1.82, 2.24) is 4.90 Å². The van der Waals surface area contributed by atoms with Crippen LogP contribution in [-0.2, 0) is 0 Å². The van der Waals surface area contributed by atoms with Crippen molar-refractivity contribution in [2.75, 3.05) is 19.0 Å². The summed E-state index contributed by atoms with van der Waals surface area (Å²) in [4.78, 5) is 24.6. The normalized spacial score (nSPS) is 20.8. The lowest BCUT2D eigenvalue weighted by molar-refractivity contribution is -0.385. The topological polar surface area (TPSA) is 95.7 Å². The number of hydrogen-bond acceptors (Lipinski definition) is 4. The number of nitrogens with zero attached hydrogens (tertiary/aromatic N) is 2. The molecule has 7 nitrogen and oxygen atoms in total. The van der Waals surface area contributed by atoms with E-state index in [0.717, 1.165) is 25.7 Å². The molecule has 0 heterocycles. The Hall–Kier alpha value is -2.15. The highest BCUT2D eigenvalue weighted by Gasteiger charge is 2.26. The van der Waals surface area contributed by atoms with Gasteiger partial charge in [0, 0.05) is 25.8 Å². The first kappa shape index (κ1) is 17.2. The molecule has 23 heavy (non-hydrogen) atoms. The van der Waals surface area contributed by atoms with Gasteiger partial charge in [-0.2, -0.15) is 0 Å². The van der Waals surface area contributed by atoms with Gasteiger partial charge in [-0.25, -0.2) is 4.79 Å². The first-order valence-corrected chi connectivity index (χ1v) is 7.82. The Morgan fingerprint density at radius 1 is 1.39 bits per heavy atom. The van der Waals surface area contributed by atoms with Crippen LogP contribution in [0.3, 0.4) is 0 Å². The monoisotopic (exact) mass is 321 g/mol. The fraction of sp³-hybridized carbons (Fsp3) is 0.562. The molecule has 0 radical (unpaired) electrons. The van der Waals surface area contributed by atoms with Gasteiger partial charge < -0.3 is 15.3 Å². The highest BCUT2D eigenvalue weighted by Crippen LogP contribution is 2.28. The number of carbonyl (C=O) groups excluding carboxylic acids is 1. The molecular weight excluding hydrogens is 298 g/mol. The molecule has 0 bridgehead atoms. The maximum Gasteiger partial charge on any atom is 0.321 e. The average Bonchev–Trinajstić information content (AvgIpc) is 2.55. The first-order chi connectivity index (χ1) is 10.9. The smallest absolute Gasteiger partial charge is 0.321 e. The second kappa shape index (κ2) is 7.41. The Balaban J connectivity index is 2.02. The van der Waals surface area contributed by atoms with Crippen LogP contribution in [0.2, 0.25) is 0 Å². The number of aliphatic hydroxyl groups is 1. The molecule has 0 aromatic heterocycles. The molecule has 2 amide bonds. The van der Waals surface area contributed by atoms with Gasteiger partial charge in [-0.15, -0.1) is 0 Å². The number of nitro benzene ring substituents is 1.